The predicted molar refractivity (Wildman–Crippen MR) is 147 cm³/mol. The number of aromatic nitrogens is 2. The van der Waals surface area contributed by atoms with Gasteiger partial charge in [0.2, 0.25) is 0 Å². The summed E-state index contributed by atoms with van der Waals surface area (Å²) in [6.45, 7) is 13.9. The van der Waals surface area contributed by atoms with Crippen molar-refractivity contribution in [3.8, 4) is 11.1 Å². The number of hydrogen-bond acceptors (Lipinski definition) is 6. The predicted octanol–water partition coefficient (Wildman–Crippen LogP) is 3.63. The van der Waals surface area contributed by atoms with Crippen molar-refractivity contribution in [2.45, 2.75) is 52.6 Å². The number of unbranched alkanes of at least 4 members (excludes halogenated alkanes) is 2. The molecule has 214 valence electrons. The fraction of sp³-hybridized carbons (Fsp3) is 0.667. The van der Waals surface area contributed by atoms with Gasteiger partial charge in [0.05, 0.1) is 52.9 Å². The lowest BCUT2D eigenvalue weighted by Crippen LogP contribution is -2.35. The van der Waals surface area contributed by atoms with E-state index in [2.05, 4.69) is 72.0 Å². The van der Waals surface area contributed by atoms with Crippen LogP contribution in [-0.2, 0) is 41.5 Å². The zero-order valence-electron chi connectivity index (χ0n) is 23.7. The van der Waals surface area contributed by atoms with Crippen molar-refractivity contribution in [1.82, 2.24) is 0 Å². The molecule has 2 aromatic rings. The number of rotatable bonds is 25. The molecule has 0 saturated heterocycles. The Bertz CT molecular complexity index is 721. The fourth-order valence-corrected chi connectivity index (χ4v) is 3.51. The van der Waals surface area contributed by atoms with Gasteiger partial charge in [0, 0.05) is 37.5 Å². The van der Waals surface area contributed by atoms with Crippen molar-refractivity contribution in [2.75, 3.05) is 79.3 Å². The van der Waals surface area contributed by atoms with Crippen molar-refractivity contribution < 1.29 is 37.6 Å². The quantitative estimate of drug-likeness (QED) is 0.143. The summed E-state index contributed by atoms with van der Waals surface area (Å²) in [5.41, 5.74) is 2.38. The third kappa shape index (κ3) is 16.1. The van der Waals surface area contributed by atoms with E-state index in [9.17, 15) is 0 Å². The zero-order chi connectivity index (χ0) is 26.9. The number of ether oxygens (including phenoxy) is 6. The van der Waals surface area contributed by atoms with E-state index in [4.69, 9.17) is 28.4 Å². The highest BCUT2D eigenvalue weighted by Crippen LogP contribution is 2.15. The van der Waals surface area contributed by atoms with Gasteiger partial charge >= 0.3 is 0 Å². The molecule has 8 nitrogen and oxygen atoms in total. The average Bonchev–Trinajstić information content (AvgIpc) is 2.95. The molecule has 0 aliphatic rings. The molecule has 0 radical (unpaired) electrons. The van der Waals surface area contributed by atoms with E-state index in [1.54, 1.807) is 0 Å². The van der Waals surface area contributed by atoms with Gasteiger partial charge in [0.25, 0.3) is 0 Å². The molecule has 2 rings (SSSR count). The summed E-state index contributed by atoms with van der Waals surface area (Å²) in [4.78, 5) is 0. The summed E-state index contributed by atoms with van der Waals surface area (Å²) in [6.07, 6.45) is 12.9. The van der Waals surface area contributed by atoms with Gasteiger partial charge in [-0.15, -0.1) is 0 Å². The molecule has 0 unspecified atom stereocenters. The van der Waals surface area contributed by atoms with Crippen molar-refractivity contribution in [3.63, 3.8) is 0 Å². The van der Waals surface area contributed by atoms with E-state index in [-0.39, 0.29) is 0 Å². The van der Waals surface area contributed by atoms with Crippen molar-refractivity contribution in [3.05, 3.63) is 49.1 Å². The van der Waals surface area contributed by atoms with Crippen LogP contribution < -0.4 is 9.13 Å². The Hall–Kier alpha value is -1.94. The first-order valence-corrected chi connectivity index (χ1v) is 14.3. The first kappa shape index (κ1) is 32.3. The SMILES string of the molecule is CCCCOCCOCCOCC[n+]1ccc(-c2cc[n+](CCOCCOCCOCCCC)cc2)cc1. The normalized spacial score (nSPS) is 11.3. The smallest absolute Gasteiger partial charge is 0.171 e. The molecule has 0 spiro atoms. The van der Waals surface area contributed by atoms with Gasteiger partial charge in [-0.25, -0.2) is 9.13 Å². The van der Waals surface area contributed by atoms with E-state index in [0.717, 1.165) is 52.0 Å². The summed E-state index contributed by atoms with van der Waals surface area (Å²) in [7, 11) is 0. The highest BCUT2D eigenvalue weighted by atomic mass is 16.5. The maximum absolute atomic E-state index is 5.68. The Morgan fingerprint density at radius 3 is 1.03 bits per heavy atom. The van der Waals surface area contributed by atoms with Gasteiger partial charge in [-0.1, -0.05) is 26.7 Å². The lowest BCUT2D eigenvalue weighted by Gasteiger charge is -2.06. The minimum atomic E-state index is 0.602. The van der Waals surface area contributed by atoms with Crippen molar-refractivity contribution >= 4 is 0 Å². The van der Waals surface area contributed by atoms with Gasteiger partial charge in [0.1, 0.15) is 13.2 Å². The largest absolute Gasteiger partial charge is 0.379 e. The van der Waals surface area contributed by atoms with Crippen LogP contribution in [0.25, 0.3) is 11.1 Å². The molecule has 0 N–H and O–H groups in total. The highest BCUT2D eigenvalue weighted by molar-refractivity contribution is 5.60. The second-order valence-corrected chi connectivity index (χ2v) is 9.03. The van der Waals surface area contributed by atoms with Gasteiger partial charge in [0.15, 0.2) is 37.9 Å². The lowest BCUT2D eigenvalue weighted by molar-refractivity contribution is -0.698. The van der Waals surface area contributed by atoms with Crippen LogP contribution in [-0.4, -0.2) is 79.3 Å². The topological polar surface area (TPSA) is 63.1 Å². The molecule has 0 aromatic carbocycles. The van der Waals surface area contributed by atoms with E-state index in [0.29, 0.717) is 66.1 Å². The molecule has 38 heavy (non-hydrogen) atoms. The molecule has 8 heteroatoms. The van der Waals surface area contributed by atoms with Crippen LogP contribution in [0.5, 0.6) is 0 Å². The maximum atomic E-state index is 5.68. The Balaban J connectivity index is 1.50. The lowest BCUT2D eigenvalue weighted by atomic mass is 10.1. The Labute approximate surface area is 229 Å². The molecule has 0 bridgehead atoms. The van der Waals surface area contributed by atoms with Crippen LogP contribution in [0.15, 0.2) is 49.1 Å². The number of hydrogen-bond donors (Lipinski definition) is 0. The van der Waals surface area contributed by atoms with Crippen LogP contribution in [0.2, 0.25) is 0 Å². The summed E-state index contributed by atoms with van der Waals surface area (Å²) >= 11 is 0. The second-order valence-electron chi connectivity index (χ2n) is 9.03. The van der Waals surface area contributed by atoms with Crippen LogP contribution in [0.4, 0.5) is 0 Å². The monoisotopic (exact) mass is 534 g/mol. The summed E-state index contributed by atoms with van der Waals surface area (Å²) in [5, 5.41) is 0. The van der Waals surface area contributed by atoms with Crippen LogP contribution in [0, 0.1) is 0 Å². The molecule has 0 aliphatic carbocycles. The van der Waals surface area contributed by atoms with Crippen LogP contribution in [0.3, 0.4) is 0 Å². The second kappa shape index (κ2) is 23.0. The van der Waals surface area contributed by atoms with Gasteiger partial charge < -0.3 is 28.4 Å². The standard InChI is InChI=1S/C30H50N2O6/c1-3-5-17-33-21-25-37-27-23-35-19-15-31-11-7-29(8-12-31)30-9-13-32(14-10-30)16-20-36-24-28-38-26-22-34-18-6-4-2/h7-14H,3-6,15-28H2,1-2H3/q+2. The molecule has 2 heterocycles. The number of nitrogens with zero attached hydrogens (tertiary/aromatic N) is 2. The molecule has 0 fully saturated rings. The van der Waals surface area contributed by atoms with Crippen LogP contribution >= 0.6 is 0 Å². The molecular formula is C30H50N2O6+2. The molecule has 2 aromatic heterocycles. The summed E-state index contributed by atoms with van der Waals surface area (Å²) in [6, 6.07) is 8.55. The Kier molecular flexibility index (Phi) is 19.5. The average molecular weight is 535 g/mol. The van der Waals surface area contributed by atoms with Gasteiger partial charge in [-0.3, -0.25) is 0 Å². The maximum Gasteiger partial charge on any atom is 0.171 e. The van der Waals surface area contributed by atoms with Crippen molar-refractivity contribution in [1.29, 1.82) is 0 Å². The molecule has 0 saturated carbocycles. The van der Waals surface area contributed by atoms with Gasteiger partial charge in [-0.05, 0) is 24.0 Å². The third-order valence-electron chi connectivity index (χ3n) is 5.88. The Morgan fingerprint density at radius 1 is 0.421 bits per heavy atom. The van der Waals surface area contributed by atoms with Gasteiger partial charge in [-0.2, -0.15) is 0 Å². The zero-order valence-corrected chi connectivity index (χ0v) is 23.7. The first-order chi connectivity index (χ1) is 18.8. The van der Waals surface area contributed by atoms with E-state index in [1.165, 1.54) is 11.1 Å². The van der Waals surface area contributed by atoms with Crippen molar-refractivity contribution in [2.24, 2.45) is 0 Å². The molecular weight excluding hydrogens is 484 g/mol. The minimum Gasteiger partial charge on any atom is -0.379 e. The summed E-state index contributed by atoms with van der Waals surface area (Å²) < 4.78 is 37.6. The highest BCUT2D eigenvalue weighted by Gasteiger charge is 2.06. The minimum absolute atomic E-state index is 0.602. The first-order valence-electron chi connectivity index (χ1n) is 14.3. The van der Waals surface area contributed by atoms with Crippen LogP contribution in [0.1, 0.15) is 39.5 Å². The fourth-order valence-electron chi connectivity index (χ4n) is 3.51. The molecule has 0 aliphatic heterocycles. The van der Waals surface area contributed by atoms with E-state index >= 15 is 0 Å². The third-order valence-corrected chi connectivity index (χ3v) is 5.88. The Morgan fingerprint density at radius 2 is 0.711 bits per heavy atom. The molecule has 0 atom stereocenters. The number of pyridine rings is 2. The van der Waals surface area contributed by atoms with E-state index in [1.807, 2.05) is 0 Å². The van der Waals surface area contributed by atoms with E-state index < -0.39 is 0 Å². The summed E-state index contributed by atoms with van der Waals surface area (Å²) in [5.74, 6) is 0. The molecule has 0 amide bonds.